The molecule has 14 heavy (non-hydrogen) atoms. The van der Waals surface area contributed by atoms with E-state index in [2.05, 4.69) is 16.9 Å². The number of aliphatic imine (C=N–C) groups is 1. The molecule has 0 heterocycles. The predicted octanol–water partition coefficient (Wildman–Crippen LogP) is 3.00. The summed E-state index contributed by atoms with van der Waals surface area (Å²) < 4.78 is 0. The Hall–Kier alpha value is -1.22. The minimum atomic E-state index is 0.649. The summed E-state index contributed by atoms with van der Waals surface area (Å²) in [5, 5.41) is 4.14. The maximum atomic E-state index is 4.31. The number of anilines is 1. The maximum absolute atomic E-state index is 4.31. The Bertz CT molecular complexity index is 306. The van der Waals surface area contributed by atoms with Crippen LogP contribution in [0.2, 0.25) is 0 Å². The van der Waals surface area contributed by atoms with Crippen LogP contribution in [0.3, 0.4) is 0 Å². The van der Waals surface area contributed by atoms with Crippen LogP contribution in [-0.2, 0) is 0 Å². The molecule has 0 amide bonds. The fourth-order valence-electron chi connectivity index (χ4n) is 0.948. The van der Waals surface area contributed by atoms with Crippen molar-refractivity contribution < 1.29 is 0 Å². The van der Waals surface area contributed by atoms with Crippen molar-refractivity contribution in [1.29, 1.82) is 0 Å². The van der Waals surface area contributed by atoms with Gasteiger partial charge in [0.05, 0.1) is 6.54 Å². The van der Waals surface area contributed by atoms with Gasteiger partial charge in [-0.1, -0.05) is 36.0 Å². The summed E-state index contributed by atoms with van der Waals surface area (Å²) in [5.41, 5.74) is 1.06. The van der Waals surface area contributed by atoms with Crippen molar-refractivity contribution in [2.45, 2.75) is 0 Å². The van der Waals surface area contributed by atoms with Crippen LogP contribution in [0.15, 0.2) is 48.0 Å². The van der Waals surface area contributed by atoms with Crippen LogP contribution in [-0.4, -0.2) is 18.0 Å². The second kappa shape index (κ2) is 6.27. The van der Waals surface area contributed by atoms with E-state index in [0.29, 0.717) is 6.54 Å². The van der Waals surface area contributed by atoms with E-state index < -0.39 is 0 Å². The van der Waals surface area contributed by atoms with Gasteiger partial charge in [-0.05, 0) is 18.4 Å². The van der Waals surface area contributed by atoms with E-state index in [1.807, 2.05) is 36.6 Å². The molecule has 74 valence electrons. The Kier molecular flexibility index (Phi) is 4.86. The topological polar surface area (TPSA) is 24.4 Å². The van der Waals surface area contributed by atoms with Gasteiger partial charge in [-0.3, -0.25) is 4.99 Å². The number of benzene rings is 1. The summed E-state index contributed by atoms with van der Waals surface area (Å²) in [6.45, 7) is 4.28. The Labute approximate surface area is 89.1 Å². The van der Waals surface area contributed by atoms with Gasteiger partial charge >= 0.3 is 0 Å². The van der Waals surface area contributed by atoms with E-state index in [-0.39, 0.29) is 0 Å². The number of nitrogens with one attached hydrogen (secondary N) is 1. The van der Waals surface area contributed by atoms with Gasteiger partial charge in [0, 0.05) is 5.69 Å². The summed E-state index contributed by atoms with van der Waals surface area (Å²) >= 11 is 1.60. The molecule has 1 aromatic rings. The highest BCUT2D eigenvalue weighted by atomic mass is 32.2. The summed E-state index contributed by atoms with van der Waals surface area (Å²) in [6, 6.07) is 10.0. The van der Waals surface area contributed by atoms with Gasteiger partial charge in [0.25, 0.3) is 0 Å². The quantitative estimate of drug-likeness (QED) is 0.467. The molecule has 0 aromatic heterocycles. The van der Waals surface area contributed by atoms with Crippen LogP contribution in [0.5, 0.6) is 0 Å². The zero-order valence-corrected chi connectivity index (χ0v) is 9.05. The van der Waals surface area contributed by atoms with Crippen LogP contribution >= 0.6 is 11.8 Å². The third kappa shape index (κ3) is 3.66. The van der Waals surface area contributed by atoms with E-state index in [9.17, 15) is 0 Å². The highest BCUT2D eigenvalue weighted by molar-refractivity contribution is 8.13. The molecule has 1 aromatic carbocycles. The molecule has 3 heteroatoms. The van der Waals surface area contributed by atoms with Gasteiger partial charge in [-0.25, -0.2) is 0 Å². The average molecular weight is 206 g/mol. The van der Waals surface area contributed by atoms with E-state index in [0.717, 1.165) is 10.9 Å². The predicted molar refractivity (Wildman–Crippen MR) is 66.1 cm³/mol. The van der Waals surface area contributed by atoms with Gasteiger partial charge in [0.15, 0.2) is 5.17 Å². The highest BCUT2D eigenvalue weighted by Gasteiger charge is 1.95. The van der Waals surface area contributed by atoms with Crippen LogP contribution in [0.25, 0.3) is 0 Å². The third-order valence-corrected chi connectivity index (χ3v) is 2.20. The molecule has 1 N–H and O–H groups in total. The van der Waals surface area contributed by atoms with Crippen molar-refractivity contribution in [1.82, 2.24) is 0 Å². The first kappa shape index (κ1) is 10.9. The largest absolute Gasteiger partial charge is 0.335 e. The van der Waals surface area contributed by atoms with Gasteiger partial charge in [-0.2, -0.15) is 0 Å². The summed E-state index contributed by atoms with van der Waals surface area (Å²) in [7, 11) is 0. The number of nitrogens with zero attached hydrogens (tertiary/aromatic N) is 1. The zero-order chi connectivity index (χ0) is 10.2. The molecule has 0 spiro atoms. The molecular weight excluding hydrogens is 192 g/mol. The number of para-hydroxylation sites is 1. The first-order valence-electron chi connectivity index (χ1n) is 4.38. The molecule has 1 rings (SSSR count). The van der Waals surface area contributed by atoms with Gasteiger partial charge in [-0.15, -0.1) is 6.58 Å². The van der Waals surface area contributed by atoms with Gasteiger partial charge in [0.2, 0.25) is 0 Å². The smallest absolute Gasteiger partial charge is 0.161 e. The molecule has 0 bridgehead atoms. The van der Waals surface area contributed by atoms with E-state index in [1.165, 1.54) is 0 Å². The molecule has 0 aliphatic carbocycles. The first-order chi connectivity index (χ1) is 6.86. The molecule has 0 aliphatic rings. The molecular formula is C11H14N2S. The minimum absolute atomic E-state index is 0.649. The van der Waals surface area contributed by atoms with Crippen molar-refractivity contribution >= 4 is 22.6 Å². The first-order valence-corrected chi connectivity index (χ1v) is 5.60. The Balaban J connectivity index is 2.61. The van der Waals surface area contributed by atoms with Crippen molar-refractivity contribution in [3.63, 3.8) is 0 Å². The maximum Gasteiger partial charge on any atom is 0.161 e. The minimum Gasteiger partial charge on any atom is -0.335 e. The third-order valence-electron chi connectivity index (χ3n) is 1.58. The monoisotopic (exact) mass is 206 g/mol. The Morgan fingerprint density at radius 1 is 1.50 bits per heavy atom. The van der Waals surface area contributed by atoms with E-state index in [1.54, 1.807) is 17.8 Å². The normalized spacial score (nSPS) is 11.1. The van der Waals surface area contributed by atoms with Gasteiger partial charge < -0.3 is 5.32 Å². The van der Waals surface area contributed by atoms with Crippen molar-refractivity contribution in [2.24, 2.45) is 4.99 Å². The molecule has 0 saturated heterocycles. The second-order valence-corrected chi connectivity index (χ2v) is 3.42. The molecule has 0 aliphatic heterocycles. The average Bonchev–Trinajstić information content (AvgIpc) is 2.25. The fourth-order valence-corrected chi connectivity index (χ4v) is 1.37. The number of hydrogen-bond acceptors (Lipinski definition) is 2. The van der Waals surface area contributed by atoms with E-state index >= 15 is 0 Å². The fraction of sp³-hybridized carbons (Fsp3) is 0.182. The number of amidine groups is 1. The van der Waals surface area contributed by atoms with Crippen LogP contribution in [0, 0.1) is 0 Å². The Morgan fingerprint density at radius 2 is 2.21 bits per heavy atom. The SMILES string of the molecule is C=CCN=C(Nc1ccccc1)SC. The molecule has 0 saturated carbocycles. The molecule has 0 atom stereocenters. The van der Waals surface area contributed by atoms with Crippen molar-refractivity contribution in [3.8, 4) is 0 Å². The molecule has 0 fully saturated rings. The summed E-state index contributed by atoms with van der Waals surface area (Å²) in [6.07, 6.45) is 3.78. The van der Waals surface area contributed by atoms with Gasteiger partial charge in [0.1, 0.15) is 0 Å². The van der Waals surface area contributed by atoms with Crippen molar-refractivity contribution in [2.75, 3.05) is 18.1 Å². The lowest BCUT2D eigenvalue weighted by atomic mass is 10.3. The second-order valence-electron chi connectivity index (χ2n) is 2.63. The molecule has 0 unspecified atom stereocenters. The lowest BCUT2D eigenvalue weighted by Gasteiger charge is -2.06. The highest BCUT2D eigenvalue weighted by Crippen LogP contribution is 2.08. The standard InChI is InChI=1S/C11H14N2S/c1-3-9-12-11(14-2)13-10-7-5-4-6-8-10/h3-8H,1,9H2,2H3,(H,12,13). The zero-order valence-electron chi connectivity index (χ0n) is 8.23. The van der Waals surface area contributed by atoms with Crippen LogP contribution < -0.4 is 5.32 Å². The summed E-state index contributed by atoms with van der Waals surface area (Å²) in [4.78, 5) is 4.31. The summed E-state index contributed by atoms with van der Waals surface area (Å²) in [5.74, 6) is 0. The number of rotatable bonds is 3. The Morgan fingerprint density at radius 3 is 2.79 bits per heavy atom. The van der Waals surface area contributed by atoms with Crippen LogP contribution in [0.1, 0.15) is 0 Å². The van der Waals surface area contributed by atoms with Crippen molar-refractivity contribution in [3.05, 3.63) is 43.0 Å². The lowest BCUT2D eigenvalue weighted by Crippen LogP contribution is -2.07. The molecule has 2 nitrogen and oxygen atoms in total. The molecule has 0 radical (unpaired) electrons. The van der Waals surface area contributed by atoms with E-state index in [4.69, 9.17) is 0 Å². The lowest BCUT2D eigenvalue weighted by molar-refractivity contribution is 1.26. The number of thioether (sulfide) groups is 1. The van der Waals surface area contributed by atoms with Crippen LogP contribution in [0.4, 0.5) is 5.69 Å². The number of hydrogen-bond donors (Lipinski definition) is 1.